The lowest BCUT2D eigenvalue weighted by Gasteiger charge is -2.39. The minimum atomic E-state index is -1.15. The summed E-state index contributed by atoms with van der Waals surface area (Å²) >= 11 is 5.09. The molecule has 3 aliphatic heterocycles. The molecule has 1 aromatic carbocycles. The number of amides is 4. The van der Waals surface area contributed by atoms with Gasteiger partial charge in [0.15, 0.2) is 0 Å². The van der Waals surface area contributed by atoms with Gasteiger partial charge in [-0.3, -0.25) is 28.8 Å². The quantitative estimate of drug-likeness (QED) is 0.261. The number of ketones is 1. The van der Waals surface area contributed by atoms with Gasteiger partial charge in [-0.15, -0.1) is 11.8 Å². The first kappa shape index (κ1) is 37.9. The van der Waals surface area contributed by atoms with E-state index in [9.17, 15) is 24.0 Å². The molecule has 0 saturated carbocycles. The number of nitrogens with one attached hydrogen (secondary N) is 3. The third kappa shape index (κ3) is 8.81. The van der Waals surface area contributed by atoms with Crippen LogP contribution in [-0.4, -0.2) is 83.8 Å². The maximum Gasteiger partial charge on any atom is 0.247 e. The Bertz CT molecular complexity index is 1390. The molecule has 13 heteroatoms. The van der Waals surface area contributed by atoms with E-state index in [2.05, 4.69) is 31.9 Å². The molecule has 6 atom stereocenters. The Hall–Kier alpha value is -2.90. The summed E-state index contributed by atoms with van der Waals surface area (Å²) in [5, 5.41) is 10.3. The number of rotatable bonds is 12. The predicted octanol–water partition coefficient (Wildman–Crippen LogP) is 4.73. The van der Waals surface area contributed by atoms with Gasteiger partial charge in [0.25, 0.3) is 0 Å². The fraction of sp³-hybridized carbons (Fsp3) is 0.629. The highest BCUT2D eigenvalue weighted by Crippen LogP contribution is 2.45. The summed E-state index contributed by atoms with van der Waals surface area (Å²) in [5.74, 6) is -1.63. The molecule has 0 radical (unpaired) electrons. The monoisotopic (exact) mass is 747 g/mol. The van der Waals surface area contributed by atoms with E-state index in [4.69, 9.17) is 4.84 Å². The highest BCUT2D eigenvalue weighted by atomic mass is 79.9. The number of carbonyl (C=O) groups excluding carboxylic acids is 5. The van der Waals surface area contributed by atoms with Crippen molar-refractivity contribution in [2.24, 2.45) is 5.92 Å². The van der Waals surface area contributed by atoms with E-state index in [0.29, 0.717) is 51.5 Å². The maximum atomic E-state index is 14.3. The zero-order chi connectivity index (χ0) is 35.0. The Morgan fingerprint density at radius 3 is 2.52 bits per heavy atom. The molecule has 3 heterocycles. The van der Waals surface area contributed by atoms with Crippen LogP contribution in [-0.2, 0) is 28.8 Å². The molecule has 0 aromatic heterocycles. The van der Waals surface area contributed by atoms with Gasteiger partial charge in [-0.1, -0.05) is 56.0 Å². The van der Waals surface area contributed by atoms with E-state index in [1.807, 2.05) is 45.2 Å². The molecular formula is C35H50BrN5O6S. The van der Waals surface area contributed by atoms with E-state index in [0.717, 1.165) is 40.6 Å². The average molecular weight is 749 g/mol. The van der Waals surface area contributed by atoms with Crippen LogP contribution in [0.15, 0.2) is 28.7 Å². The van der Waals surface area contributed by atoms with Crippen LogP contribution in [0.2, 0.25) is 0 Å². The fourth-order valence-electron chi connectivity index (χ4n) is 6.66. The number of fused-ring (bicyclic) bond motifs is 2. The van der Waals surface area contributed by atoms with Crippen molar-refractivity contribution >= 4 is 68.4 Å². The number of Topliss-reactive ketones (excluding diaryl/α,β-unsaturated/α-hetero) is 1. The van der Waals surface area contributed by atoms with E-state index in [1.54, 1.807) is 23.1 Å². The predicted molar refractivity (Wildman–Crippen MR) is 192 cm³/mol. The molecule has 3 N–H and O–H groups in total. The van der Waals surface area contributed by atoms with Crippen molar-refractivity contribution in [2.45, 2.75) is 115 Å². The molecule has 1 aromatic rings. The molecule has 2 fully saturated rings. The summed E-state index contributed by atoms with van der Waals surface area (Å²) in [7, 11) is 1.59. The number of hydrogen-bond acceptors (Lipinski definition) is 8. The average Bonchev–Trinajstić information content (AvgIpc) is 3.39. The molecule has 264 valence electrons. The lowest BCUT2D eigenvalue weighted by atomic mass is 9.93. The van der Waals surface area contributed by atoms with Crippen LogP contribution in [0.1, 0.15) is 90.5 Å². The molecule has 48 heavy (non-hydrogen) atoms. The number of piperidine rings is 1. The zero-order valence-corrected chi connectivity index (χ0v) is 31.1. The number of hydrogen-bond donors (Lipinski definition) is 3. The van der Waals surface area contributed by atoms with Crippen LogP contribution >= 0.6 is 27.7 Å². The second-order valence-electron chi connectivity index (χ2n) is 12.8. The number of carbonyl (C=O) groups is 5. The van der Waals surface area contributed by atoms with Gasteiger partial charge in [0.1, 0.15) is 35.3 Å². The molecular weight excluding hydrogens is 698 g/mol. The van der Waals surface area contributed by atoms with Gasteiger partial charge in [-0.25, -0.2) is 5.06 Å². The number of thioether (sulfide) groups is 1. The Kier molecular flexibility index (Phi) is 14.0. The second-order valence-corrected chi connectivity index (χ2v) is 14.7. The highest BCUT2D eigenvalue weighted by molar-refractivity contribution is 9.10. The lowest BCUT2D eigenvalue weighted by Crippen LogP contribution is -2.63. The van der Waals surface area contributed by atoms with E-state index < -0.39 is 36.0 Å². The molecule has 2 saturated heterocycles. The zero-order valence-electron chi connectivity index (χ0n) is 28.7. The Labute approximate surface area is 296 Å². The second kappa shape index (κ2) is 17.7. The molecule has 0 bridgehead atoms. The van der Waals surface area contributed by atoms with Gasteiger partial charge in [0.05, 0.1) is 12.8 Å². The summed E-state index contributed by atoms with van der Waals surface area (Å²) in [6.45, 7) is 6.12. The van der Waals surface area contributed by atoms with Crippen LogP contribution in [0.5, 0.6) is 0 Å². The van der Waals surface area contributed by atoms with Crippen LogP contribution < -0.4 is 21.0 Å². The molecule has 4 amide bonds. The van der Waals surface area contributed by atoms with Crippen LogP contribution in [0, 0.1) is 5.92 Å². The number of benzene rings is 1. The highest BCUT2D eigenvalue weighted by Gasteiger charge is 2.41. The minimum Gasteiger partial charge on any atom is -0.343 e. The van der Waals surface area contributed by atoms with Gasteiger partial charge in [-0.05, 0) is 74.1 Å². The molecule has 11 nitrogen and oxygen atoms in total. The third-order valence-electron chi connectivity index (χ3n) is 9.67. The van der Waals surface area contributed by atoms with Crippen molar-refractivity contribution in [3.8, 4) is 0 Å². The van der Waals surface area contributed by atoms with Crippen molar-refractivity contribution < 1.29 is 28.8 Å². The SMILES string of the molecule is CCC(=O)CCCCC[C@@H]1NC(=O)[C@H]2CCCCN2C(=O)[C@H](C(C)CC)NC(=O)[C@H](C=C2c3cc(Br)ccc3N(OC)C2SC)NC1=O. The molecule has 3 aliphatic rings. The van der Waals surface area contributed by atoms with Crippen molar-refractivity contribution in [1.29, 1.82) is 0 Å². The third-order valence-corrected chi connectivity index (χ3v) is 11.1. The number of anilines is 1. The van der Waals surface area contributed by atoms with E-state index in [-0.39, 0.29) is 28.9 Å². The summed E-state index contributed by atoms with van der Waals surface area (Å²) in [6, 6.07) is 2.13. The Morgan fingerprint density at radius 1 is 1.06 bits per heavy atom. The first-order valence-corrected chi connectivity index (χ1v) is 19.2. The summed E-state index contributed by atoms with van der Waals surface area (Å²) in [4.78, 5) is 75.5. The smallest absolute Gasteiger partial charge is 0.247 e. The Balaban J connectivity index is 1.74. The van der Waals surface area contributed by atoms with Gasteiger partial charge < -0.3 is 20.9 Å². The molecule has 0 spiro atoms. The van der Waals surface area contributed by atoms with Crippen molar-refractivity contribution in [1.82, 2.24) is 20.9 Å². The topological polar surface area (TPSA) is 137 Å². The van der Waals surface area contributed by atoms with Crippen LogP contribution in [0.4, 0.5) is 5.69 Å². The van der Waals surface area contributed by atoms with Crippen LogP contribution in [0.25, 0.3) is 5.57 Å². The van der Waals surface area contributed by atoms with Crippen molar-refractivity contribution in [3.05, 3.63) is 34.3 Å². The summed E-state index contributed by atoms with van der Waals surface area (Å²) < 4.78 is 0.846. The van der Waals surface area contributed by atoms with E-state index >= 15 is 0 Å². The summed E-state index contributed by atoms with van der Waals surface area (Å²) in [5.41, 5.74) is 2.44. The number of hydroxylamine groups is 1. The normalized spacial score (nSPS) is 26.5. The van der Waals surface area contributed by atoms with Gasteiger partial charge in [-0.2, -0.15) is 0 Å². The standard InChI is InChI=1S/C35H50BrN5O6S/c1-6-21(3)30-34(46)40-18-12-11-15-29(40)33(45)37-26(14-10-8-9-13-23(42)7-2)31(43)38-27(32(44)39-30)20-25-24-19-22(36)16-17-28(24)41(47-4)35(25)48-5/h16-17,19-21,26-27,29-30,35H,6-15,18H2,1-5H3,(H,37,45)(H,38,43)(H,39,44)/t21?,26-,27-,29+,30-,35?/m0/s1. The first-order valence-electron chi connectivity index (χ1n) is 17.2. The lowest BCUT2D eigenvalue weighted by molar-refractivity contribution is -0.147. The van der Waals surface area contributed by atoms with Gasteiger partial charge >= 0.3 is 0 Å². The molecule has 4 rings (SSSR count). The number of unbranched alkanes of at least 4 members (excludes halogenated alkanes) is 2. The minimum absolute atomic E-state index is 0.197. The van der Waals surface area contributed by atoms with E-state index in [1.165, 1.54) is 11.8 Å². The number of halogens is 1. The van der Waals surface area contributed by atoms with Crippen molar-refractivity contribution in [2.75, 3.05) is 25.0 Å². The Morgan fingerprint density at radius 2 is 1.83 bits per heavy atom. The maximum absolute atomic E-state index is 14.3. The molecule has 0 aliphatic carbocycles. The first-order chi connectivity index (χ1) is 23.0. The van der Waals surface area contributed by atoms with Crippen molar-refractivity contribution in [3.63, 3.8) is 0 Å². The van der Waals surface area contributed by atoms with Gasteiger partial charge in [0.2, 0.25) is 23.6 Å². The largest absolute Gasteiger partial charge is 0.343 e. The molecule has 2 unspecified atom stereocenters. The van der Waals surface area contributed by atoms with Gasteiger partial charge in [0, 0.05) is 29.4 Å². The van der Waals surface area contributed by atoms with Crippen LogP contribution in [0.3, 0.4) is 0 Å². The number of nitrogens with zero attached hydrogens (tertiary/aromatic N) is 2. The fourth-order valence-corrected chi connectivity index (χ4v) is 7.87. The summed E-state index contributed by atoms with van der Waals surface area (Å²) in [6.07, 6.45) is 9.68.